The molecule has 3 nitrogen and oxygen atoms in total. The minimum Gasteiger partial charge on any atom is -0.486 e. The molecule has 0 aliphatic carbocycles. The summed E-state index contributed by atoms with van der Waals surface area (Å²) in [6, 6.07) is 5.49. The van der Waals surface area contributed by atoms with E-state index in [9.17, 15) is 0 Å². The summed E-state index contributed by atoms with van der Waals surface area (Å²) in [6.07, 6.45) is 0. The van der Waals surface area contributed by atoms with Crippen molar-refractivity contribution in [1.29, 1.82) is 0 Å². The number of anilines is 1. The zero-order valence-corrected chi connectivity index (χ0v) is 11.1. The molecule has 0 aliphatic rings. The predicted octanol–water partition coefficient (Wildman–Crippen LogP) is 3.38. The van der Waals surface area contributed by atoms with E-state index in [0.717, 1.165) is 20.9 Å². The lowest BCUT2D eigenvalue weighted by atomic mass is 10.3. The van der Waals surface area contributed by atoms with Gasteiger partial charge in [0.05, 0.1) is 15.2 Å². The molecule has 84 valence electrons. The Morgan fingerprint density at radius 2 is 2.31 bits per heavy atom. The predicted molar refractivity (Wildman–Crippen MR) is 69.7 cm³/mol. The van der Waals surface area contributed by atoms with Crippen molar-refractivity contribution in [3.8, 4) is 5.75 Å². The standard InChI is InChI=1S/C11H11BrN2OS/c1-7-14-9(6-16-7)5-15-11-4-8(13)2-3-10(11)12/h2-4,6H,5,13H2,1H3. The van der Waals surface area contributed by atoms with E-state index < -0.39 is 0 Å². The molecule has 0 saturated heterocycles. The molecule has 2 aromatic rings. The molecule has 0 amide bonds. The number of halogens is 1. The Bertz CT molecular complexity index is 498. The van der Waals surface area contributed by atoms with E-state index >= 15 is 0 Å². The van der Waals surface area contributed by atoms with Crippen molar-refractivity contribution in [2.24, 2.45) is 0 Å². The Labute approximate surface area is 106 Å². The van der Waals surface area contributed by atoms with Gasteiger partial charge in [0.15, 0.2) is 0 Å². The van der Waals surface area contributed by atoms with Crippen LogP contribution >= 0.6 is 27.3 Å². The van der Waals surface area contributed by atoms with Crippen LogP contribution in [-0.2, 0) is 6.61 Å². The fraction of sp³-hybridized carbons (Fsp3) is 0.182. The van der Waals surface area contributed by atoms with Gasteiger partial charge >= 0.3 is 0 Å². The zero-order valence-electron chi connectivity index (χ0n) is 8.74. The fourth-order valence-electron chi connectivity index (χ4n) is 1.26. The summed E-state index contributed by atoms with van der Waals surface area (Å²) in [4.78, 5) is 4.32. The number of thiazole rings is 1. The largest absolute Gasteiger partial charge is 0.486 e. The lowest BCUT2D eigenvalue weighted by Gasteiger charge is -2.07. The van der Waals surface area contributed by atoms with Crippen LogP contribution in [0.4, 0.5) is 5.69 Å². The third kappa shape index (κ3) is 2.74. The van der Waals surface area contributed by atoms with Crippen molar-refractivity contribution < 1.29 is 4.74 Å². The molecular formula is C11H11BrN2OS. The highest BCUT2D eigenvalue weighted by Gasteiger charge is 2.04. The number of ether oxygens (including phenoxy) is 1. The van der Waals surface area contributed by atoms with Crippen LogP contribution in [0.2, 0.25) is 0 Å². The van der Waals surface area contributed by atoms with E-state index in [4.69, 9.17) is 10.5 Å². The first-order chi connectivity index (χ1) is 7.65. The van der Waals surface area contributed by atoms with E-state index in [-0.39, 0.29) is 0 Å². The molecule has 0 saturated carbocycles. The Balaban J connectivity index is 2.07. The van der Waals surface area contributed by atoms with E-state index in [0.29, 0.717) is 12.3 Å². The molecule has 0 fully saturated rings. The number of hydrogen-bond acceptors (Lipinski definition) is 4. The molecule has 0 radical (unpaired) electrons. The number of benzene rings is 1. The Morgan fingerprint density at radius 3 is 3.00 bits per heavy atom. The number of nitrogen functional groups attached to an aromatic ring is 1. The monoisotopic (exact) mass is 298 g/mol. The lowest BCUT2D eigenvalue weighted by molar-refractivity contribution is 0.300. The van der Waals surface area contributed by atoms with Crippen LogP contribution in [0.25, 0.3) is 0 Å². The Kier molecular flexibility index (Phi) is 3.46. The highest BCUT2D eigenvalue weighted by atomic mass is 79.9. The van der Waals surface area contributed by atoms with Gasteiger partial charge in [0.25, 0.3) is 0 Å². The minimum atomic E-state index is 0.465. The van der Waals surface area contributed by atoms with Gasteiger partial charge in [0, 0.05) is 17.1 Å². The molecule has 0 spiro atoms. The molecular weight excluding hydrogens is 288 g/mol. The summed E-state index contributed by atoms with van der Waals surface area (Å²) in [5, 5.41) is 3.04. The number of nitrogens with two attached hydrogens (primary N) is 1. The SMILES string of the molecule is Cc1nc(COc2cc(N)ccc2Br)cs1. The second-order valence-electron chi connectivity index (χ2n) is 3.34. The topological polar surface area (TPSA) is 48.1 Å². The van der Waals surface area contributed by atoms with Crippen LogP contribution < -0.4 is 10.5 Å². The van der Waals surface area contributed by atoms with Gasteiger partial charge in [0.2, 0.25) is 0 Å². The Morgan fingerprint density at radius 1 is 1.50 bits per heavy atom. The fourth-order valence-corrected chi connectivity index (χ4v) is 2.22. The van der Waals surface area contributed by atoms with Crippen LogP contribution in [0.15, 0.2) is 28.1 Å². The maximum atomic E-state index is 5.69. The summed E-state index contributed by atoms with van der Waals surface area (Å²) in [6.45, 7) is 2.44. The molecule has 1 heterocycles. The second-order valence-corrected chi connectivity index (χ2v) is 5.25. The van der Waals surface area contributed by atoms with Gasteiger partial charge in [-0.05, 0) is 35.0 Å². The maximum Gasteiger partial charge on any atom is 0.136 e. The Hall–Kier alpha value is -1.07. The molecule has 1 aromatic heterocycles. The lowest BCUT2D eigenvalue weighted by Crippen LogP contribution is -1.97. The van der Waals surface area contributed by atoms with Crippen molar-refractivity contribution in [3.63, 3.8) is 0 Å². The molecule has 1 aromatic carbocycles. The third-order valence-electron chi connectivity index (χ3n) is 2.00. The molecule has 16 heavy (non-hydrogen) atoms. The van der Waals surface area contributed by atoms with Gasteiger partial charge in [-0.2, -0.15) is 0 Å². The molecule has 0 atom stereocenters. The quantitative estimate of drug-likeness (QED) is 0.884. The van der Waals surface area contributed by atoms with Crippen LogP contribution in [0.3, 0.4) is 0 Å². The number of aryl methyl sites for hydroxylation is 1. The summed E-state index contributed by atoms with van der Waals surface area (Å²) in [5.41, 5.74) is 7.32. The van der Waals surface area contributed by atoms with E-state index in [1.807, 2.05) is 24.4 Å². The first kappa shape index (κ1) is 11.4. The van der Waals surface area contributed by atoms with Crippen molar-refractivity contribution in [2.45, 2.75) is 13.5 Å². The highest BCUT2D eigenvalue weighted by Crippen LogP contribution is 2.27. The molecule has 2 N–H and O–H groups in total. The summed E-state index contributed by atoms with van der Waals surface area (Å²) >= 11 is 5.03. The molecule has 0 bridgehead atoms. The van der Waals surface area contributed by atoms with Gasteiger partial charge in [-0.3, -0.25) is 0 Å². The molecule has 2 rings (SSSR count). The van der Waals surface area contributed by atoms with Gasteiger partial charge in [-0.15, -0.1) is 11.3 Å². The number of hydrogen-bond donors (Lipinski definition) is 1. The van der Waals surface area contributed by atoms with Crippen molar-refractivity contribution >= 4 is 33.0 Å². The van der Waals surface area contributed by atoms with Gasteiger partial charge in [0.1, 0.15) is 12.4 Å². The minimum absolute atomic E-state index is 0.465. The third-order valence-corrected chi connectivity index (χ3v) is 3.47. The van der Waals surface area contributed by atoms with Crippen LogP contribution in [-0.4, -0.2) is 4.98 Å². The summed E-state index contributed by atoms with van der Waals surface area (Å²) in [5.74, 6) is 0.741. The van der Waals surface area contributed by atoms with E-state index in [1.165, 1.54) is 0 Å². The normalized spacial score (nSPS) is 10.4. The smallest absolute Gasteiger partial charge is 0.136 e. The van der Waals surface area contributed by atoms with Crippen LogP contribution in [0.1, 0.15) is 10.7 Å². The van der Waals surface area contributed by atoms with Crippen molar-refractivity contribution in [1.82, 2.24) is 4.98 Å². The average Bonchev–Trinajstić information content (AvgIpc) is 2.66. The highest BCUT2D eigenvalue weighted by molar-refractivity contribution is 9.10. The van der Waals surface area contributed by atoms with Crippen LogP contribution in [0.5, 0.6) is 5.75 Å². The van der Waals surface area contributed by atoms with Gasteiger partial charge < -0.3 is 10.5 Å². The van der Waals surface area contributed by atoms with E-state index in [2.05, 4.69) is 20.9 Å². The average molecular weight is 299 g/mol. The summed E-state index contributed by atoms with van der Waals surface area (Å²) < 4.78 is 6.53. The van der Waals surface area contributed by atoms with Crippen molar-refractivity contribution in [3.05, 3.63) is 38.8 Å². The van der Waals surface area contributed by atoms with E-state index in [1.54, 1.807) is 17.4 Å². The first-order valence-corrected chi connectivity index (χ1v) is 6.41. The van der Waals surface area contributed by atoms with Gasteiger partial charge in [-0.25, -0.2) is 4.98 Å². The first-order valence-electron chi connectivity index (χ1n) is 4.74. The second kappa shape index (κ2) is 4.84. The molecule has 0 unspecified atom stereocenters. The number of aromatic nitrogens is 1. The number of nitrogens with zero attached hydrogens (tertiary/aromatic N) is 1. The zero-order chi connectivity index (χ0) is 11.5. The maximum absolute atomic E-state index is 5.69. The molecule has 0 aliphatic heterocycles. The van der Waals surface area contributed by atoms with Crippen LogP contribution in [0, 0.1) is 6.92 Å². The summed E-state index contributed by atoms with van der Waals surface area (Å²) in [7, 11) is 0. The number of rotatable bonds is 3. The molecule has 5 heteroatoms. The van der Waals surface area contributed by atoms with Gasteiger partial charge in [-0.1, -0.05) is 0 Å². The van der Waals surface area contributed by atoms with Crippen molar-refractivity contribution in [2.75, 3.05) is 5.73 Å².